The molecule has 1 heterocycles. The minimum absolute atomic E-state index is 0.120. The van der Waals surface area contributed by atoms with Crippen LogP contribution in [-0.2, 0) is 4.79 Å². The molecule has 4 rings (SSSR count). The van der Waals surface area contributed by atoms with Crippen LogP contribution < -0.4 is 10.6 Å². The highest BCUT2D eigenvalue weighted by atomic mass is 16.2. The first-order chi connectivity index (χ1) is 13.1. The Morgan fingerprint density at radius 2 is 2.00 bits per heavy atom. The lowest BCUT2D eigenvalue weighted by Gasteiger charge is -2.30. The molecule has 0 spiro atoms. The summed E-state index contributed by atoms with van der Waals surface area (Å²) < 4.78 is 0. The van der Waals surface area contributed by atoms with Gasteiger partial charge in [-0.3, -0.25) is 4.79 Å². The molecule has 1 aliphatic heterocycles. The van der Waals surface area contributed by atoms with Crippen LogP contribution >= 0.6 is 0 Å². The van der Waals surface area contributed by atoms with Gasteiger partial charge in [0.15, 0.2) is 0 Å². The molecule has 5 atom stereocenters. The van der Waals surface area contributed by atoms with E-state index in [4.69, 9.17) is 0 Å². The fraction of sp³-hybridized carbons (Fsp3) is 0.636. The van der Waals surface area contributed by atoms with Gasteiger partial charge < -0.3 is 15.5 Å². The molecule has 3 fully saturated rings. The van der Waals surface area contributed by atoms with E-state index in [9.17, 15) is 9.59 Å². The van der Waals surface area contributed by atoms with Gasteiger partial charge in [0.05, 0.1) is 6.04 Å². The number of carbonyl (C=O) groups is 2. The number of urea groups is 1. The summed E-state index contributed by atoms with van der Waals surface area (Å²) in [5, 5.41) is 6.32. The minimum atomic E-state index is -0.180. The van der Waals surface area contributed by atoms with Crippen LogP contribution in [0.4, 0.5) is 4.79 Å². The van der Waals surface area contributed by atoms with Gasteiger partial charge in [-0.1, -0.05) is 36.8 Å². The quantitative estimate of drug-likeness (QED) is 0.806. The summed E-state index contributed by atoms with van der Waals surface area (Å²) in [6, 6.07) is 9.86. The van der Waals surface area contributed by atoms with Gasteiger partial charge in [-0.2, -0.15) is 0 Å². The second kappa shape index (κ2) is 7.91. The van der Waals surface area contributed by atoms with E-state index in [1.54, 1.807) is 0 Å². The van der Waals surface area contributed by atoms with Gasteiger partial charge >= 0.3 is 6.03 Å². The monoisotopic (exact) mass is 369 g/mol. The number of carbonyl (C=O) groups excluding carboxylic acids is 2. The van der Waals surface area contributed by atoms with Crippen LogP contribution in [-0.4, -0.2) is 36.0 Å². The normalized spacial score (nSPS) is 29.0. The highest BCUT2D eigenvalue weighted by Crippen LogP contribution is 2.49. The first kappa shape index (κ1) is 18.3. The van der Waals surface area contributed by atoms with Crippen molar-refractivity contribution in [2.75, 3.05) is 13.1 Å². The van der Waals surface area contributed by atoms with Crippen molar-refractivity contribution in [2.24, 2.45) is 17.8 Å². The Balaban J connectivity index is 1.38. The molecule has 2 aliphatic carbocycles. The Labute approximate surface area is 161 Å². The van der Waals surface area contributed by atoms with Gasteiger partial charge in [-0.25, -0.2) is 4.79 Å². The zero-order valence-corrected chi connectivity index (χ0v) is 16.2. The summed E-state index contributed by atoms with van der Waals surface area (Å²) in [6.45, 7) is 3.47. The van der Waals surface area contributed by atoms with E-state index in [0.29, 0.717) is 18.9 Å². The van der Waals surface area contributed by atoms with Gasteiger partial charge in [-0.05, 0) is 55.9 Å². The van der Waals surface area contributed by atoms with Crippen LogP contribution in [0.2, 0.25) is 0 Å². The molecular weight excluding hydrogens is 338 g/mol. The van der Waals surface area contributed by atoms with Crippen molar-refractivity contribution in [1.82, 2.24) is 15.5 Å². The molecule has 2 N–H and O–H groups in total. The number of benzene rings is 1. The fourth-order valence-corrected chi connectivity index (χ4v) is 5.46. The maximum atomic E-state index is 12.7. The zero-order chi connectivity index (χ0) is 18.8. The largest absolute Gasteiger partial charge is 0.340 e. The first-order valence-corrected chi connectivity index (χ1v) is 10.5. The summed E-state index contributed by atoms with van der Waals surface area (Å²) in [6.07, 6.45) is 6.84. The van der Waals surface area contributed by atoms with Gasteiger partial charge in [0.1, 0.15) is 0 Å². The SMILES string of the molecule is C[C@H](NC(=O)N[C@H](CN1CCCC1=O)c1ccccc1)[C@@H]1C[C@H]2CC[C@H]1C2. The average molecular weight is 370 g/mol. The van der Waals surface area contributed by atoms with Crippen LogP contribution in [0, 0.1) is 17.8 Å². The van der Waals surface area contributed by atoms with E-state index in [-0.39, 0.29) is 24.0 Å². The summed E-state index contributed by atoms with van der Waals surface area (Å²) in [5.74, 6) is 2.47. The molecule has 1 aromatic carbocycles. The van der Waals surface area contributed by atoms with E-state index in [1.165, 1.54) is 25.7 Å². The van der Waals surface area contributed by atoms with Crippen molar-refractivity contribution >= 4 is 11.9 Å². The van der Waals surface area contributed by atoms with E-state index in [2.05, 4.69) is 17.6 Å². The Morgan fingerprint density at radius 3 is 2.63 bits per heavy atom. The Kier molecular flexibility index (Phi) is 5.37. The summed E-state index contributed by atoms with van der Waals surface area (Å²) >= 11 is 0. The number of fused-ring (bicyclic) bond motifs is 2. The third kappa shape index (κ3) is 4.12. The Hall–Kier alpha value is -2.04. The lowest BCUT2D eigenvalue weighted by atomic mass is 9.84. The molecule has 0 unspecified atom stereocenters. The summed E-state index contributed by atoms with van der Waals surface area (Å²) in [5.41, 5.74) is 1.04. The summed E-state index contributed by atoms with van der Waals surface area (Å²) in [4.78, 5) is 26.7. The minimum Gasteiger partial charge on any atom is -0.340 e. The fourth-order valence-electron chi connectivity index (χ4n) is 5.46. The number of hydrogen-bond donors (Lipinski definition) is 2. The van der Waals surface area contributed by atoms with Crippen LogP contribution in [0.3, 0.4) is 0 Å². The average Bonchev–Trinajstić information content (AvgIpc) is 3.39. The molecule has 2 bridgehead atoms. The van der Waals surface area contributed by atoms with Gasteiger partial charge in [0, 0.05) is 25.6 Å². The molecule has 5 heteroatoms. The number of rotatable bonds is 6. The van der Waals surface area contributed by atoms with E-state index in [0.717, 1.165) is 30.4 Å². The second-order valence-electron chi connectivity index (χ2n) is 8.65. The maximum absolute atomic E-state index is 12.7. The van der Waals surface area contributed by atoms with Crippen molar-refractivity contribution in [2.45, 2.75) is 57.5 Å². The molecule has 0 aromatic heterocycles. The van der Waals surface area contributed by atoms with E-state index in [1.807, 2.05) is 35.2 Å². The number of hydrogen-bond acceptors (Lipinski definition) is 2. The van der Waals surface area contributed by atoms with E-state index < -0.39 is 0 Å². The van der Waals surface area contributed by atoms with Gasteiger partial charge in [-0.15, -0.1) is 0 Å². The Morgan fingerprint density at radius 1 is 1.19 bits per heavy atom. The molecule has 3 aliphatic rings. The molecule has 2 saturated carbocycles. The lowest BCUT2D eigenvalue weighted by Crippen LogP contribution is -2.48. The van der Waals surface area contributed by atoms with E-state index >= 15 is 0 Å². The lowest BCUT2D eigenvalue weighted by molar-refractivity contribution is -0.128. The maximum Gasteiger partial charge on any atom is 0.315 e. The van der Waals surface area contributed by atoms with Crippen molar-refractivity contribution < 1.29 is 9.59 Å². The molecule has 0 radical (unpaired) electrons. The van der Waals surface area contributed by atoms with Crippen molar-refractivity contribution in [3.8, 4) is 0 Å². The van der Waals surface area contributed by atoms with Crippen LogP contribution in [0.5, 0.6) is 0 Å². The predicted molar refractivity (Wildman–Crippen MR) is 105 cm³/mol. The third-order valence-electron chi connectivity index (χ3n) is 6.88. The van der Waals surface area contributed by atoms with Crippen LogP contribution in [0.1, 0.15) is 57.1 Å². The standard InChI is InChI=1S/C22H31N3O2/c1-15(19-13-16-9-10-18(19)12-16)23-22(27)24-20(17-6-3-2-4-7-17)14-25-11-5-8-21(25)26/h2-4,6-7,15-16,18-20H,5,8-14H2,1H3,(H2,23,24,27)/t15-,16-,18-,19-,20+/m0/s1. The number of nitrogens with zero attached hydrogens (tertiary/aromatic N) is 1. The van der Waals surface area contributed by atoms with Crippen molar-refractivity contribution in [3.05, 3.63) is 35.9 Å². The summed E-state index contributed by atoms with van der Waals surface area (Å²) in [7, 11) is 0. The molecule has 1 saturated heterocycles. The Bertz CT molecular complexity index is 677. The number of likely N-dealkylation sites (tertiary alicyclic amines) is 1. The molecule has 146 valence electrons. The van der Waals surface area contributed by atoms with Crippen molar-refractivity contribution in [3.63, 3.8) is 0 Å². The highest BCUT2D eigenvalue weighted by molar-refractivity contribution is 5.78. The topological polar surface area (TPSA) is 61.4 Å². The number of amides is 3. The van der Waals surface area contributed by atoms with Crippen molar-refractivity contribution in [1.29, 1.82) is 0 Å². The second-order valence-corrected chi connectivity index (χ2v) is 8.65. The molecule has 5 nitrogen and oxygen atoms in total. The zero-order valence-electron chi connectivity index (χ0n) is 16.2. The molecule has 1 aromatic rings. The molecule has 27 heavy (non-hydrogen) atoms. The van der Waals surface area contributed by atoms with Gasteiger partial charge in [0.2, 0.25) is 5.91 Å². The highest BCUT2D eigenvalue weighted by Gasteiger charge is 2.42. The van der Waals surface area contributed by atoms with Crippen LogP contribution in [0.25, 0.3) is 0 Å². The first-order valence-electron chi connectivity index (χ1n) is 10.5. The van der Waals surface area contributed by atoms with Gasteiger partial charge in [0.25, 0.3) is 0 Å². The third-order valence-corrected chi connectivity index (χ3v) is 6.88. The predicted octanol–water partition coefficient (Wildman–Crippen LogP) is 3.47. The van der Waals surface area contributed by atoms with Crippen LogP contribution in [0.15, 0.2) is 30.3 Å². The molecule has 3 amide bonds. The smallest absolute Gasteiger partial charge is 0.315 e. The molecular formula is C22H31N3O2. The number of nitrogens with one attached hydrogen (secondary N) is 2.